The van der Waals surface area contributed by atoms with Crippen molar-refractivity contribution < 1.29 is 9.53 Å². The van der Waals surface area contributed by atoms with E-state index in [1.165, 1.54) is 24.5 Å². The van der Waals surface area contributed by atoms with Crippen LogP contribution in [0.2, 0.25) is 0 Å². The van der Waals surface area contributed by atoms with Crippen LogP contribution in [0.25, 0.3) is 0 Å². The van der Waals surface area contributed by atoms with Crippen LogP contribution in [0.15, 0.2) is 41.5 Å². The van der Waals surface area contributed by atoms with E-state index < -0.39 is 5.91 Å². The zero-order valence-corrected chi connectivity index (χ0v) is 11.8. The molecule has 0 radical (unpaired) electrons. The Labute approximate surface area is 126 Å². The lowest BCUT2D eigenvalue weighted by molar-refractivity contribution is 0.100. The molecule has 3 heterocycles. The number of nitrogens with one attached hydrogen (secondary N) is 1. The number of nitrogens with zero attached hydrogens (tertiary/aromatic N) is 4. The fraction of sp³-hybridized carbons (Fsp3) is 0.286. The van der Waals surface area contributed by atoms with E-state index in [1.54, 1.807) is 12.1 Å². The fourth-order valence-electron chi connectivity index (χ4n) is 2.08. The third kappa shape index (κ3) is 3.12. The van der Waals surface area contributed by atoms with Crippen molar-refractivity contribution in [2.24, 2.45) is 0 Å². The molecular formula is C14H15N5O3. The minimum absolute atomic E-state index is 0.201. The van der Waals surface area contributed by atoms with E-state index >= 15 is 0 Å². The first-order valence-corrected chi connectivity index (χ1v) is 6.89. The highest BCUT2D eigenvalue weighted by atomic mass is 16.5. The highest BCUT2D eigenvalue weighted by Crippen LogP contribution is 2.09. The summed E-state index contributed by atoms with van der Waals surface area (Å²) in [6.07, 6.45) is 3.00. The molecule has 0 spiro atoms. The van der Waals surface area contributed by atoms with E-state index in [9.17, 15) is 9.59 Å². The summed E-state index contributed by atoms with van der Waals surface area (Å²) in [5, 5.41) is 0. The molecule has 2 aromatic rings. The van der Waals surface area contributed by atoms with Crippen LogP contribution in [0, 0.1) is 0 Å². The van der Waals surface area contributed by atoms with Gasteiger partial charge in [0.05, 0.1) is 13.2 Å². The summed E-state index contributed by atoms with van der Waals surface area (Å²) in [6.45, 7) is 2.59. The van der Waals surface area contributed by atoms with Crippen LogP contribution < -0.4 is 15.9 Å². The lowest BCUT2D eigenvalue weighted by Gasteiger charge is -2.26. The predicted molar refractivity (Wildman–Crippen MR) is 79.5 cm³/mol. The Kier molecular flexibility index (Phi) is 4.10. The molecule has 0 aliphatic carbocycles. The third-order valence-corrected chi connectivity index (χ3v) is 3.21. The van der Waals surface area contributed by atoms with Gasteiger partial charge in [-0.3, -0.25) is 15.0 Å². The van der Waals surface area contributed by atoms with Crippen molar-refractivity contribution in [3.05, 3.63) is 52.7 Å². The Morgan fingerprint density at radius 3 is 2.82 bits per heavy atom. The summed E-state index contributed by atoms with van der Waals surface area (Å²) < 4.78 is 6.39. The average Bonchev–Trinajstić information content (AvgIpc) is 2.58. The SMILES string of the molecule is O=C(Nn1ccccc1=O)c1ccnc(N2CCOCC2)n1. The number of carbonyl (C=O) groups excluding carboxylic acids is 1. The molecule has 1 N–H and O–H groups in total. The Hall–Kier alpha value is -2.74. The summed E-state index contributed by atoms with van der Waals surface area (Å²) in [6, 6.07) is 6.12. The molecule has 114 valence electrons. The molecule has 0 atom stereocenters. The average molecular weight is 301 g/mol. The van der Waals surface area contributed by atoms with E-state index in [4.69, 9.17) is 4.74 Å². The molecule has 2 aromatic heterocycles. The molecule has 0 saturated carbocycles. The zero-order valence-electron chi connectivity index (χ0n) is 11.8. The van der Waals surface area contributed by atoms with Gasteiger partial charge in [0.2, 0.25) is 5.95 Å². The minimum atomic E-state index is -0.467. The minimum Gasteiger partial charge on any atom is -0.378 e. The van der Waals surface area contributed by atoms with Crippen LogP contribution in [-0.4, -0.2) is 46.9 Å². The van der Waals surface area contributed by atoms with Gasteiger partial charge >= 0.3 is 0 Å². The maximum Gasteiger partial charge on any atom is 0.288 e. The third-order valence-electron chi connectivity index (χ3n) is 3.21. The Balaban J connectivity index is 1.78. The molecule has 1 amide bonds. The van der Waals surface area contributed by atoms with Crippen LogP contribution in [0.4, 0.5) is 5.95 Å². The highest BCUT2D eigenvalue weighted by Gasteiger charge is 2.16. The monoisotopic (exact) mass is 301 g/mol. The molecule has 0 unspecified atom stereocenters. The Bertz CT molecular complexity index is 724. The number of ether oxygens (including phenoxy) is 1. The van der Waals surface area contributed by atoms with Gasteiger partial charge in [0.1, 0.15) is 5.69 Å². The summed E-state index contributed by atoms with van der Waals surface area (Å²) >= 11 is 0. The van der Waals surface area contributed by atoms with Gasteiger partial charge in [0, 0.05) is 31.5 Å². The molecule has 0 bridgehead atoms. The first-order chi connectivity index (χ1) is 10.7. The molecule has 1 aliphatic rings. The smallest absolute Gasteiger partial charge is 0.288 e. The van der Waals surface area contributed by atoms with Gasteiger partial charge in [-0.25, -0.2) is 14.6 Å². The van der Waals surface area contributed by atoms with Gasteiger partial charge in [-0.15, -0.1) is 0 Å². The molecule has 22 heavy (non-hydrogen) atoms. The van der Waals surface area contributed by atoms with Gasteiger partial charge < -0.3 is 9.64 Å². The number of pyridine rings is 1. The van der Waals surface area contributed by atoms with Crippen LogP contribution >= 0.6 is 0 Å². The molecule has 1 saturated heterocycles. The van der Waals surface area contributed by atoms with E-state index in [0.717, 1.165) is 4.68 Å². The van der Waals surface area contributed by atoms with E-state index in [1.807, 2.05) is 4.90 Å². The summed E-state index contributed by atoms with van der Waals surface area (Å²) in [5.41, 5.74) is 2.37. The van der Waals surface area contributed by atoms with Crippen LogP contribution in [0.3, 0.4) is 0 Å². The van der Waals surface area contributed by atoms with Crippen LogP contribution in [0.1, 0.15) is 10.5 Å². The number of morpholine rings is 1. The largest absolute Gasteiger partial charge is 0.378 e. The number of rotatable bonds is 3. The first kappa shape index (κ1) is 14.2. The van der Waals surface area contributed by atoms with Gasteiger partial charge in [-0.2, -0.15) is 0 Å². The quantitative estimate of drug-likeness (QED) is 0.848. The van der Waals surface area contributed by atoms with Gasteiger partial charge in [-0.1, -0.05) is 6.07 Å². The number of hydrogen-bond donors (Lipinski definition) is 1. The van der Waals surface area contributed by atoms with Gasteiger partial charge in [-0.05, 0) is 12.1 Å². The van der Waals surface area contributed by atoms with Crippen molar-refractivity contribution in [2.45, 2.75) is 0 Å². The van der Waals surface area contributed by atoms with Gasteiger partial charge in [0.25, 0.3) is 11.5 Å². The number of amides is 1. The normalized spacial score (nSPS) is 14.6. The van der Waals surface area contributed by atoms with Crippen molar-refractivity contribution in [1.29, 1.82) is 0 Å². The van der Waals surface area contributed by atoms with E-state index in [-0.39, 0.29) is 11.3 Å². The molecule has 3 rings (SSSR count). The number of hydrogen-bond acceptors (Lipinski definition) is 6. The summed E-state index contributed by atoms with van der Waals surface area (Å²) in [4.78, 5) is 34.2. The van der Waals surface area contributed by atoms with E-state index in [0.29, 0.717) is 32.3 Å². The van der Waals surface area contributed by atoms with Crippen molar-refractivity contribution in [3.8, 4) is 0 Å². The Morgan fingerprint density at radius 1 is 1.23 bits per heavy atom. The highest BCUT2D eigenvalue weighted by molar-refractivity contribution is 5.98. The number of anilines is 1. The van der Waals surface area contributed by atoms with Crippen molar-refractivity contribution >= 4 is 11.9 Å². The van der Waals surface area contributed by atoms with Crippen molar-refractivity contribution in [1.82, 2.24) is 14.6 Å². The van der Waals surface area contributed by atoms with E-state index in [2.05, 4.69) is 15.4 Å². The second-order valence-corrected chi connectivity index (χ2v) is 4.69. The second kappa shape index (κ2) is 6.35. The molecule has 8 heteroatoms. The summed E-state index contributed by atoms with van der Waals surface area (Å²) in [5.74, 6) is 0.0153. The van der Waals surface area contributed by atoms with Crippen molar-refractivity contribution in [3.63, 3.8) is 0 Å². The number of aromatic nitrogens is 3. The maximum absolute atomic E-state index is 12.2. The van der Waals surface area contributed by atoms with Crippen molar-refractivity contribution in [2.75, 3.05) is 36.6 Å². The molecule has 1 fully saturated rings. The molecular weight excluding hydrogens is 286 g/mol. The lowest BCUT2D eigenvalue weighted by atomic mass is 10.4. The van der Waals surface area contributed by atoms with Crippen LogP contribution in [-0.2, 0) is 4.74 Å². The predicted octanol–water partition coefficient (Wildman–Crippen LogP) is -0.141. The molecule has 1 aliphatic heterocycles. The standard InChI is InChI=1S/C14H15N5O3/c20-12-3-1-2-6-19(12)17-13(21)11-4-5-15-14(16-11)18-7-9-22-10-8-18/h1-6H,7-10H2,(H,17,21). The van der Waals surface area contributed by atoms with Gasteiger partial charge in [0.15, 0.2) is 0 Å². The first-order valence-electron chi connectivity index (χ1n) is 6.89. The molecule has 0 aromatic carbocycles. The summed E-state index contributed by atoms with van der Waals surface area (Å²) in [7, 11) is 0. The number of carbonyl (C=O) groups is 1. The Morgan fingerprint density at radius 2 is 2.05 bits per heavy atom. The topological polar surface area (TPSA) is 89.4 Å². The maximum atomic E-state index is 12.2. The fourth-order valence-corrected chi connectivity index (χ4v) is 2.08. The molecule has 8 nitrogen and oxygen atoms in total. The van der Waals surface area contributed by atoms with Crippen LogP contribution in [0.5, 0.6) is 0 Å². The second-order valence-electron chi connectivity index (χ2n) is 4.69. The lowest BCUT2D eigenvalue weighted by Crippen LogP contribution is -2.38. The zero-order chi connectivity index (χ0) is 15.4.